The predicted molar refractivity (Wildman–Crippen MR) is 50.8 cm³/mol. The number of para-hydroxylation sites is 1. The van der Waals surface area contributed by atoms with Gasteiger partial charge in [-0.15, -0.1) is 0 Å². The van der Waals surface area contributed by atoms with E-state index in [0.717, 1.165) is 5.75 Å². The topological polar surface area (TPSA) is 9.23 Å². The van der Waals surface area contributed by atoms with Gasteiger partial charge < -0.3 is 4.74 Å². The zero-order valence-electron chi connectivity index (χ0n) is 5.90. The molecule has 0 N–H and O–H groups in total. The van der Waals surface area contributed by atoms with E-state index in [1.807, 2.05) is 30.3 Å². The van der Waals surface area contributed by atoms with Crippen molar-refractivity contribution < 1.29 is 17.9 Å². The first kappa shape index (κ1) is 11.6. The molecule has 0 unspecified atom stereocenters. The Bertz CT molecular complexity index is 169. The van der Waals surface area contributed by atoms with Crippen LogP contribution >= 0.6 is 27.2 Å². The van der Waals surface area contributed by atoms with Gasteiger partial charge in [0.2, 0.25) is 0 Å². The Morgan fingerprint density at radius 3 is 1.91 bits per heavy atom. The summed E-state index contributed by atoms with van der Waals surface area (Å²) in [5.74, 6) is 0.910. The predicted octanol–water partition coefficient (Wildman–Crippen LogP) is 3.38. The fourth-order valence-corrected chi connectivity index (χ4v) is 0.557. The molecule has 0 aliphatic heterocycles. The summed E-state index contributed by atoms with van der Waals surface area (Å²) in [6.45, 7) is 0. The monoisotopic (exact) mass is 368 g/mol. The van der Waals surface area contributed by atoms with Crippen molar-refractivity contribution in [2.45, 2.75) is 0 Å². The molecule has 0 fully saturated rings. The number of hydrogen-bond donors (Lipinski definition) is 0. The molecule has 0 spiro atoms. The van der Waals surface area contributed by atoms with Gasteiger partial charge in [0.1, 0.15) is 5.75 Å². The van der Waals surface area contributed by atoms with Crippen LogP contribution in [-0.2, 0) is 13.2 Å². The van der Waals surface area contributed by atoms with Crippen LogP contribution in [0.2, 0.25) is 0 Å². The standard InChI is InChI=1S/C7H8O.2BrH.Ru/c1-8-7-5-3-2-4-6-7;;;/h2-6H,1H3;2*1H;/q;;;+2/p-2. The van der Waals surface area contributed by atoms with Crippen molar-refractivity contribution in [3.05, 3.63) is 30.3 Å². The average molecular weight is 369 g/mol. The quantitative estimate of drug-likeness (QED) is 0.690. The zero-order valence-corrected chi connectivity index (χ0v) is 10.8. The summed E-state index contributed by atoms with van der Waals surface area (Å²) in [6.07, 6.45) is 0. The van der Waals surface area contributed by atoms with Gasteiger partial charge >= 0.3 is 40.5 Å². The Morgan fingerprint density at radius 1 is 1.18 bits per heavy atom. The van der Waals surface area contributed by atoms with Gasteiger partial charge in [-0.25, -0.2) is 0 Å². The van der Waals surface area contributed by atoms with E-state index < -0.39 is 0 Å². The minimum absolute atomic E-state index is 0.335. The van der Waals surface area contributed by atoms with Crippen LogP contribution < -0.4 is 4.74 Å². The second-order valence-corrected chi connectivity index (χ2v) is 9.58. The van der Waals surface area contributed by atoms with E-state index in [9.17, 15) is 0 Å². The van der Waals surface area contributed by atoms with Crippen LogP contribution in [0.3, 0.4) is 0 Å². The molecule has 0 saturated heterocycles. The fourth-order valence-electron chi connectivity index (χ4n) is 0.557. The van der Waals surface area contributed by atoms with Crippen molar-refractivity contribution in [1.29, 1.82) is 0 Å². The summed E-state index contributed by atoms with van der Waals surface area (Å²) in [4.78, 5) is 0. The van der Waals surface area contributed by atoms with Crippen molar-refractivity contribution >= 4 is 27.2 Å². The van der Waals surface area contributed by atoms with Gasteiger partial charge in [0.25, 0.3) is 0 Å². The summed E-state index contributed by atoms with van der Waals surface area (Å²) >= 11 is 6.64. The van der Waals surface area contributed by atoms with Gasteiger partial charge in [-0.05, 0) is 12.1 Å². The molecule has 0 saturated carbocycles. The van der Waals surface area contributed by atoms with Crippen LogP contribution in [-0.4, -0.2) is 7.11 Å². The normalized spacial score (nSPS) is 8.27. The number of halogens is 2. The first-order chi connectivity index (χ1) is 5.35. The van der Waals surface area contributed by atoms with E-state index in [2.05, 4.69) is 27.2 Å². The van der Waals surface area contributed by atoms with Crippen molar-refractivity contribution in [1.82, 2.24) is 0 Å². The maximum atomic E-state index is 4.91. The van der Waals surface area contributed by atoms with E-state index in [1.54, 1.807) is 7.11 Å². The Labute approximate surface area is 87.8 Å². The summed E-state index contributed by atoms with van der Waals surface area (Å²) in [5, 5.41) is 0. The third kappa shape index (κ3) is 6.98. The van der Waals surface area contributed by atoms with Crippen molar-refractivity contribution in [2.75, 3.05) is 7.11 Å². The Balaban J connectivity index is 0.000000292. The van der Waals surface area contributed by atoms with Crippen LogP contribution in [0.25, 0.3) is 0 Å². The number of methoxy groups -OCH3 is 1. The molecule has 0 aliphatic rings. The molecule has 0 heterocycles. The van der Waals surface area contributed by atoms with E-state index in [0.29, 0.717) is 13.2 Å². The van der Waals surface area contributed by atoms with Gasteiger partial charge in [0.15, 0.2) is 0 Å². The molecule has 64 valence electrons. The maximum absolute atomic E-state index is 4.91. The third-order valence-electron chi connectivity index (χ3n) is 0.979. The van der Waals surface area contributed by atoms with E-state index >= 15 is 0 Å². The number of benzene rings is 1. The van der Waals surface area contributed by atoms with Gasteiger partial charge in [0, 0.05) is 0 Å². The fraction of sp³-hybridized carbons (Fsp3) is 0.143. The third-order valence-corrected chi connectivity index (χ3v) is 0.979. The summed E-state index contributed by atoms with van der Waals surface area (Å²) in [7, 11) is 1.66. The van der Waals surface area contributed by atoms with Crippen LogP contribution in [0, 0.1) is 0 Å². The molecule has 0 amide bonds. The molecule has 0 aliphatic carbocycles. The molecular weight excluding hydrogens is 361 g/mol. The molecule has 1 nitrogen and oxygen atoms in total. The van der Waals surface area contributed by atoms with Crippen molar-refractivity contribution in [3.63, 3.8) is 0 Å². The van der Waals surface area contributed by atoms with Crippen molar-refractivity contribution in [2.24, 2.45) is 0 Å². The summed E-state index contributed by atoms with van der Waals surface area (Å²) in [5.41, 5.74) is 0. The van der Waals surface area contributed by atoms with Crippen LogP contribution in [0.1, 0.15) is 0 Å². The van der Waals surface area contributed by atoms with Crippen LogP contribution in [0.5, 0.6) is 5.75 Å². The number of hydrogen-bond acceptors (Lipinski definition) is 1. The molecule has 4 heteroatoms. The Hall–Kier alpha value is 0.603. The molecule has 0 aromatic heterocycles. The van der Waals surface area contributed by atoms with E-state index in [-0.39, 0.29) is 0 Å². The summed E-state index contributed by atoms with van der Waals surface area (Å²) in [6, 6.07) is 9.68. The van der Waals surface area contributed by atoms with E-state index in [1.165, 1.54) is 0 Å². The van der Waals surface area contributed by atoms with Gasteiger partial charge in [-0.1, -0.05) is 18.2 Å². The van der Waals surface area contributed by atoms with E-state index in [4.69, 9.17) is 4.74 Å². The van der Waals surface area contributed by atoms with Crippen LogP contribution in [0.15, 0.2) is 30.3 Å². The average Bonchev–Trinajstić information content (AvgIpc) is 2.08. The molecule has 1 aromatic rings. The second-order valence-electron chi connectivity index (χ2n) is 1.57. The zero-order chi connectivity index (χ0) is 8.53. The van der Waals surface area contributed by atoms with Crippen LogP contribution in [0.4, 0.5) is 0 Å². The van der Waals surface area contributed by atoms with Gasteiger partial charge in [-0.2, -0.15) is 0 Å². The summed E-state index contributed by atoms with van der Waals surface area (Å²) < 4.78 is 4.91. The van der Waals surface area contributed by atoms with Gasteiger partial charge in [0.05, 0.1) is 7.11 Å². The van der Waals surface area contributed by atoms with Crippen molar-refractivity contribution in [3.8, 4) is 5.75 Å². The molecule has 1 rings (SSSR count). The molecule has 0 atom stereocenters. The van der Waals surface area contributed by atoms with Gasteiger partial charge in [-0.3, -0.25) is 0 Å². The molecule has 1 aromatic carbocycles. The molecule has 0 bridgehead atoms. The first-order valence-electron chi connectivity index (χ1n) is 2.79. The first-order valence-corrected chi connectivity index (χ1v) is 10.7. The number of ether oxygens (including phenoxy) is 1. The molecule has 0 radical (unpaired) electrons. The second kappa shape index (κ2) is 8.70. The SMILES string of the molecule is COc1ccccc1.[Br][Ru][Br]. The minimum atomic E-state index is 0.335. The Morgan fingerprint density at radius 2 is 1.64 bits per heavy atom. The Kier molecular flexibility index (Phi) is 9.17. The molecular formula is C7H8Br2ORu. The molecule has 11 heavy (non-hydrogen) atoms. The number of rotatable bonds is 1.